The van der Waals surface area contributed by atoms with E-state index in [2.05, 4.69) is 4.98 Å². The van der Waals surface area contributed by atoms with Gasteiger partial charge in [-0.2, -0.15) is 0 Å². The first-order valence-corrected chi connectivity index (χ1v) is 6.81. The predicted molar refractivity (Wildman–Crippen MR) is 69.7 cm³/mol. The van der Waals surface area contributed by atoms with Crippen molar-refractivity contribution in [3.8, 4) is 0 Å². The minimum Gasteiger partial charge on any atom is -0.478 e. The number of pyridine rings is 1. The van der Waals surface area contributed by atoms with Crippen LogP contribution >= 0.6 is 0 Å². The summed E-state index contributed by atoms with van der Waals surface area (Å²) in [5.74, 6) is -1.29. The Labute approximate surface area is 116 Å². The summed E-state index contributed by atoms with van der Waals surface area (Å²) in [5.41, 5.74) is -2.33. The van der Waals surface area contributed by atoms with Crippen molar-refractivity contribution in [3.63, 3.8) is 0 Å². The molecule has 0 unspecified atom stereocenters. The maximum atomic E-state index is 12.0. The number of carboxylic acid groups (broad SMARTS) is 1. The molecule has 0 saturated carbocycles. The van der Waals surface area contributed by atoms with Crippen LogP contribution in [0.4, 0.5) is 5.69 Å². The molecular formula is C10H8N4O6S. The molecule has 4 N–H and O–H groups in total. The number of nitrogens with one attached hydrogen (secondary N) is 3. The summed E-state index contributed by atoms with van der Waals surface area (Å²) in [5, 5.41) is 8.79. The minimum absolute atomic E-state index is 0.138. The van der Waals surface area contributed by atoms with Crippen molar-refractivity contribution >= 4 is 21.7 Å². The Morgan fingerprint density at radius 3 is 2.62 bits per heavy atom. The molecule has 0 aromatic carbocycles. The SMILES string of the molecule is O=C(O)c1cncc(NS(=O)(=O)c2c[nH]c(=O)[nH]c2=O)c1. The Bertz CT molecular complexity index is 913. The third kappa shape index (κ3) is 3.14. The lowest BCUT2D eigenvalue weighted by Crippen LogP contribution is -2.29. The number of H-pyrrole nitrogens is 2. The van der Waals surface area contributed by atoms with E-state index in [0.717, 1.165) is 24.7 Å². The van der Waals surface area contributed by atoms with Crippen LogP contribution < -0.4 is 16.0 Å². The van der Waals surface area contributed by atoms with E-state index in [1.54, 1.807) is 4.98 Å². The molecule has 0 aliphatic heterocycles. The number of aromatic carboxylic acids is 1. The Morgan fingerprint density at radius 1 is 1.29 bits per heavy atom. The molecule has 2 heterocycles. The van der Waals surface area contributed by atoms with Crippen molar-refractivity contribution in [1.29, 1.82) is 0 Å². The van der Waals surface area contributed by atoms with Gasteiger partial charge in [-0.15, -0.1) is 0 Å². The quantitative estimate of drug-likeness (QED) is 0.560. The molecule has 11 heteroatoms. The zero-order chi connectivity index (χ0) is 15.6. The Hall–Kier alpha value is -2.95. The number of anilines is 1. The molecule has 0 saturated heterocycles. The number of aromatic amines is 2. The first-order chi connectivity index (χ1) is 9.79. The van der Waals surface area contributed by atoms with Gasteiger partial charge in [0.25, 0.3) is 15.6 Å². The molecular weight excluding hydrogens is 304 g/mol. The van der Waals surface area contributed by atoms with Crippen molar-refractivity contribution in [2.45, 2.75) is 4.90 Å². The number of hydrogen-bond acceptors (Lipinski definition) is 6. The highest BCUT2D eigenvalue weighted by molar-refractivity contribution is 7.92. The molecule has 0 aliphatic rings. The summed E-state index contributed by atoms with van der Waals surface area (Å²) in [6.07, 6.45) is 2.84. The zero-order valence-corrected chi connectivity index (χ0v) is 11.0. The molecule has 0 amide bonds. The molecule has 2 aromatic rings. The maximum Gasteiger partial charge on any atom is 0.337 e. The van der Waals surface area contributed by atoms with E-state index in [-0.39, 0.29) is 11.3 Å². The lowest BCUT2D eigenvalue weighted by atomic mass is 10.3. The summed E-state index contributed by atoms with van der Waals surface area (Å²) >= 11 is 0. The van der Waals surface area contributed by atoms with Gasteiger partial charge >= 0.3 is 11.7 Å². The molecule has 0 fully saturated rings. The molecule has 10 nitrogen and oxygen atoms in total. The number of rotatable bonds is 4. The summed E-state index contributed by atoms with van der Waals surface area (Å²) in [7, 11) is -4.30. The lowest BCUT2D eigenvalue weighted by molar-refractivity contribution is 0.0696. The monoisotopic (exact) mass is 312 g/mol. The number of carboxylic acids is 1. The average molecular weight is 312 g/mol. The van der Waals surface area contributed by atoms with Gasteiger partial charge in [-0.1, -0.05) is 0 Å². The van der Waals surface area contributed by atoms with E-state index >= 15 is 0 Å². The van der Waals surface area contributed by atoms with Gasteiger partial charge in [0.1, 0.15) is 0 Å². The van der Waals surface area contributed by atoms with Crippen LogP contribution in [0.15, 0.2) is 39.1 Å². The van der Waals surface area contributed by atoms with E-state index in [9.17, 15) is 22.8 Å². The van der Waals surface area contributed by atoms with Gasteiger partial charge in [-0.05, 0) is 6.07 Å². The summed E-state index contributed by atoms with van der Waals surface area (Å²) in [6, 6.07) is 1.03. The fourth-order valence-corrected chi connectivity index (χ4v) is 2.46. The number of carbonyl (C=O) groups is 1. The van der Waals surface area contributed by atoms with Crippen LogP contribution in [-0.4, -0.2) is 34.4 Å². The van der Waals surface area contributed by atoms with Crippen molar-refractivity contribution in [2.24, 2.45) is 0 Å². The minimum atomic E-state index is -4.30. The first-order valence-electron chi connectivity index (χ1n) is 5.33. The highest BCUT2D eigenvalue weighted by Gasteiger charge is 2.19. The molecule has 0 bridgehead atoms. The van der Waals surface area contributed by atoms with Crippen molar-refractivity contribution in [3.05, 3.63) is 51.1 Å². The fraction of sp³-hybridized carbons (Fsp3) is 0. The highest BCUT2D eigenvalue weighted by atomic mass is 32.2. The second kappa shape index (κ2) is 5.20. The van der Waals surface area contributed by atoms with Crippen molar-refractivity contribution < 1.29 is 18.3 Å². The molecule has 0 spiro atoms. The smallest absolute Gasteiger partial charge is 0.337 e. The van der Waals surface area contributed by atoms with Crippen LogP contribution in [0.5, 0.6) is 0 Å². The van der Waals surface area contributed by atoms with Gasteiger partial charge in [0, 0.05) is 12.4 Å². The number of aromatic nitrogens is 3. The average Bonchev–Trinajstić information content (AvgIpc) is 2.37. The molecule has 0 aliphatic carbocycles. The van der Waals surface area contributed by atoms with Crippen LogP contribution in [0.1, 0.15) is 10.4 Å². The van der Waals surface area contributed by atoms with E-state index in [1.165, 1.54) is 0 Å². The van der Waals surface area contributed by atoms with Gasteiger partial charge < -0.3 is 10.1 Å². The second-order valence-electron chi connectivity index (χ2n) is 3.81. The Morgan fingerprint density at radius 2 is 2.00 bits per heavy atom. The largest absolute Gasteiger partial charge is 0.478 e. The predicted octanol–water partition coefficient (Wildman–Crippen LogP) is -1.04. The molecule has 110 valence electrons. The molecule has 21 heavy (non-hydrogen) atoms. The van der Waals surface area contributed by atoms with Crippen molar-refractivity contribution in [1.82, 2.24) is 15.0 Å². The van der Waals surface area contributed by atoms with E-state index in [1.807, 2.05) is 9.71 Å². The molecule has 0 atom stereocenters. The summed E-state index contributed by atoms with van der Waals surface area (Å²) < 4.78 is 26.0. The fourth-order valence-electron chi connectivity index (χ4n) is 1.42. The number of sulfonamides is 1. The van der Waals surface area contributed by atoms with Gasteiger partial charge in [-0.3, -0.25) is 19.5 Å². The van der Waals surface area contributed by atoms with Crippen LogP contribution in [0.2, 0.25) is 0 Å². The van der Waals surface area contributed by atoms with Gasteiger partial charge in [0.2, 0.25) is 0 Å². The normalized spacial score (nSPS) is 11.0. The van der Waals surface area contributed by atoms with Crippen LogP contribution in [0, 0.1) is 0 Å². The van der Waals surface area contributed by atoms with E-state index in [4.69, 9.17) is 5.11 Å². The summed E-state index contributed by atoms with van der Waals surface area (Å²) in [6.45, 7) is 0. The standard InChI is InChI=1S/C10H8N4O6S/c15-8-7(4-12-10(18)13-8)21(19,20)14-6-1-5(9(16)17)2-11-3-6/h1-4,14H,(H,16,17)(H2,12,13,15,18). The van der Waals surface area contributed by atoms with E-state index < -0.39 is 32.1 Å². The number of nitrogens with zero attached hydrogens (tertiary/aromatic N) is 1. The van der Waals surface area contributed by atoms with Crippen molar-refractivity contribution in [2.75, 3.05) is 4.72 Å². The summed E-state index contributed by atoms with van der Waals surface area (Å²) in [4.78, 5) is 39.7. The lowest BCUT2D eigenvalue weighted by Gasteiger charge is -2.07. The first kappa shape index (κ1) is 14.5. The highest BCUT2D eigenvalue weighted by Crippen LogP contribution is 2.13. The molecule has 0 radical (unpaired) electrons. The Balaban J connectivity index is 2.42. The van der Waals surface area contributed by atoms with Crippen LogP contribution in [0.3, 0.4) is 0 Å². The zero-order valence-electron chi connectivity index (χ0n) is 10.2. The topological polar surface area (TPSA) is 162 Å². The van der Waals surface area contributed by atoms with Gasteiger partial charge in [0.05, 0.1) is 17.4 Å². The molecule has 2 aromatic heterocycles. The third-order valence-electron chi connectivity index (χ3n) is 2.31. The van der Waals surface area contributed by atoms with E-state index in [0.29, 0.717) is 0 Å². The number of hydrogen-bond donors (Lipinski definition) is 4. The third-order valence-corrected chi connectivity index (χ3v) is 3.70. The second-order valence-corrected chi connectivity index (χ2v) is 5.46. The van der Waals surface area contributed by atoms with Crippen LogP contribution in [0.25, 0.3) is 0 Å². The van der Waals surface area contributed by atoms with Gasteiger partial charge in [0.15, 0.2) is 4.90 Å². The van der Waals surface area contributed by atoms with Crippen LogP contribution in [-0.2, 0) is 10.0 Å². The molecule has 2 rings (SSSR count). The van der Waals surface area contributed by atoms with Gasteiger partial charge in [-0.25, -0.2) is 18.0 Å². The Kier molecular flexibility index (Phi) is 3.58. The maximum absolute atomic E-state index is 12.0.